The summed E-state index contributed by atoms with van der Waals surface area (Å²) in [4.78, 5) is 9.98. The summed E-state index contributed by atoms with van der Waals surface area (Å²) in [6.45, 7) is 1.76. The number of hydrogen-bond donors (Lipinski definition) is 3. The second kappa shape index (κ2) is 9.99. The van der Waals surface area contributed by atoms with Crippen molar-refractivity contribution in [2.75, 3.05) is 40.4 Å². The lowest BCUT2D eigenvalue weighted by atomic mass is 9.75. The number of ether oxygens (including phenoxy) is 1. The standard InChI is InChI=1S/C25H29F4N7O/c1-30-21(33-31-2)10-24(13-37-14-24)16-5-3-4-15(8-16)22-18-9-20(25(27,28)29)32-19(23(18)35-34-22)12-36-7-6-17(26)11-36/h3-5,8-9,17,31H,6-7,10-14H2,1-2H3,(H,30,33)(H,34,35)/t17-/m0/s1. The normalized spacial score (nSPS) is 20.4. The first kappa shape index (κ1) is 25.6. The number of amidine groups is 1. The number of pyridine rings is 1. The molecule has 2 fully saturated rings. The molecule has 1 aromatic carbocycles. The third kappa shape index (κ3) is 5.05. The number of aromatic nitrogens is 3. The monoisotopic (exact) mass is 519 g/mol. The Morgan fingerprint density at radius 2 is 2.11 bits per heavy atom. The maximum atomic E-state index is 13.8. The number of nitrogens with one attached hydrogen (secondary N) is 3. The molecule has 1 atom stereocenters. The molecule has 8 nitrogen and oxygen atoms in total. The van der Waals surface area contributed by atoms with Crippen molar-refractivity contribution in [2.24, 2.45) is 4.99 Å². The Labute approximate surface area is 211 Å². The highest BCUT2D eigenvalue weighted by Gasteiger charge is 2.42. The highest BCUT2D eigenvalue weighted by atomic mass is 19.4. The number of hydrazine groups is 1. The molecule has 4 heterocycles. The van der Waals surface area contributed by atoms with Gasteiger partial charge in [-0.25, -0.2) is 14.8 Å². The van der Waals surface area contributed by atoms with Crippen molar-refractivity contribution in [3.63, 3.8) is 0 Å². The Bertz CT molecular complexity index is 1300. The van der Waals surface area contributed by atoms with Gasteiger partial charge >= 0.3 is 6.18 Å². The van der Waals surface area contributed by atoms with Crippen molar-refractivity contribution in [3.8, 4) is 11.3 Å². The molecule has 0 radical (unpaired) electrons. The van der Waals surface area contributed by atoms with E-state index in [0.717, 1.165) is 17.5 Å². The fourth-order valence-corrected chi connectivity index (χ4v) is 5.06. The van der Waals surface area contributed by atoms with Gasteiger partial charge in [-0.15, -0.1) is 0 Å². The molecule has 0 saturated carbocycles. The maximum Gasteiger partial charge on any atom is 0.433 e. The van der Waals surface area contributed by atoms with Crippen LogP contribution in [0.1, 0.15) is 29.8 Å². The van der Waals surface area contributed by atoms with Gasteiger partial charge in [0.15, 0.2) is 0 Å². The molecule has 2 aromatic heterocycles. The molecule has 0 aliphatic carbocycles. The zero-order chi connectivity index (χ0) is 26.2. The van der Waals surface area contributed by atoms with E-state index in [1.54, 1.807) is 19.0 Å². The number of halogens is 4. The van der Waals surface area contributed by atoms with Gasteiger partial charge in [-0.1, -0.05) is 18.2 Å². The Balaban J connectivity index is 1.55. The van der Waals surface area contributed by atoms with Gasteiger partial charge in [0.05, 0.1) is 24.4 Å². The molecule has 3 N–H and O–H groups in total. The highest BCUT2D eigenvalue weighted by Crippen LogP contribution is 2.39. The summed E-state index contributed by atoms with van der Waals surface area (Å²) in [5.74, 6) is 0.768. The maximum absolute atomic E-state index is 13.8. The summed E-state index contributed by atoms with van der Waals surface area (Å²) in [5.41, 5.74) is 7.33. The van der Waals surface area contributed by atoms with E-state index in [2.05, 4.69) is 31.0 Å². The Morgan fingerprint density at radius 3 is 2.73 bits per heavy atom. The van der Waals surface area contributed by atoms with E-state index in [9.17, 15) is 17.6 Å². The average Bonchev–Trinajstić information content (AvgIpc) is 3.46. The van der Waals surface area contributed by atoms with Gasteiger partial charge in [-0.3, -0.25) is 15.0 Å². The third-order valence-electron chi connectivity index (χ3n) is 7.06. The van der Waals surface area contributed by atoms with Crippen LogP contribution >= 0.6 is 0 Å². The molecule has 37 heavy (non-hydrogen) atoms. The topological polar surface area (TPSA) is 90.5 Å². The van der Waals surface area contributed by atoms with Crippen LogP contribution in [0.4, 0.5) is 17.6 Å². The number of aliphatic imine (C=N–C) groups is 1. The zero-order valence-electron chi connectivity index (χ0n) is 20.6. The predicted molar refractivity (Wildman–Crippen MR) is 132 cm³/mol. The quantitative estimate of drug-likeness (QED) is 0.191. The van der Waals surface area contributed by atoms with Gasteiger partial charge in [0.25, 0.3) is 0 Å². The molecule has 12 heteroatoms. The van der Waals surface area contributed by atoms with Crippen LogP contribution in [0.3, 0.4) is 0 Å². The van der Waals surface area contributed by atoms with Gasteiger partial charge in [0.1, 0.15) is 23.4 Å². The summed E-state index contributed by atoms with van der Waals surface area (Å²) < 4.78 is 60.7. The van der Waals surface area contributed by atoms with Crippen molar-refractivity contribution in [1.82, 2.24) is 30.9 Å². The average molecular weight is 520 g/mol. The number of benzene rings is 1. The minimum absolute atomic E-state index is 0.112. The van der Waals surface area contributed by atoms with Crippen molar-refractivity contribution in [2.45, 2.75) is 37.1 Å². The van der Waals surface area contributed by atoms with Gasteiger partial charge in [-0.05, 0) is 24.1 Å². The smallest absolute Gasteiger partial charge is 0.379 e. The molecular formula is C25H29F4N7O. The van der Waals surface area contributed by atoms with E-state index in [-0.39, 0.29) is 24.2 Å². The summed E-state index contributed by atoms with van der Waals surface area (Å²) >= 11 is 0. The number of hydrogen-bond acceptors (Lipinski definition) is 6. The van der Waals surface area contributed by atoms with E-state index in [4.69, 9.17) is 4.74 Å². The van der Waals surface area contributed by atoms with Crippen LogP contribution in [0.5, 0.6) is 0 Å². The summed E-state index contributed by atoms with van der Waals surface area (Å²) in [6.07, 6.45) is -4.64. The second-order valence-corrected chi connectivity index (χ2v) is 9.64. The fourth-order valence-electron chi connectivity index (χ4n) is 5.06. The van der Waals surface area contributed by atoms with E-state index in [0.29, 0.717) is 54.8 Å². The molecule has 0 unspecified atom stereocenters. The largest absolute Gasteiger partial charge is 0.433 e. The van der Waals surface area contributed by atoms with Crippen LogP contribution in [0.25, 0.3) is 22.2 Å². The van der Waals surface area contributed by atoms with Crippen molar-refractivity contribution in [3.05, 3.63) is 47.3 Å². The first-order valence-corrected chi connectivity index (χ1v) is 12.1. The van der Waals surface area contributed by atoms with Gasteiger partial charge in [0, 0.05) is 56.5 Å². The van der Waals surface area contributed by atoms with Crippen LogP contribution in [-0.4, -0.2) is 72.5 Å². The third-order valence-corrected chi connectivity index (χ3v) is 7.06. The SMILES string of the molecule is CN=C(CC1(c2cccc(-c3n[nH]c4c(CN5CC[C@H](F)C5)nc(C(F)(F)F)cc34)c2)COC1)NNC. The number of aromatic amines is 1. The molecule has 0 spiro atoms. The molecule has 198 valence electrons. The van der Waals surface area contributed by atoms with Gasteiger partial charge < -0.3 is 10.2 Å². The van der Waals surface area contributed by atoms with E-state index in [1.807, 2.05) is 24.3 Å². The molecule has 0 amide bonds. The molecule has 5 rings (SSSR count). The summed E-state index contributed by atoms with van der Waals surface area (Å²) in [7, 11) is 3.47. The highest BCUT2D eigenvalue weighted by molar-refractivity contribution is 5.94. The minimum atomic E-state index is -4.63. The van der Waals surface area contributed by atoms with E-state index < -0.39 is 18.0 Å². The molecule has 3 aromatic rings. The number of alkyl halides is 4. The van der Waals surface area contributed by atoms with Crippen LogP contribution in [0.2, 0.25) is 0 Å². The van der Waals surface area contributed by atoms with E-state index >= 15 is 0 Å². The van der Waals surface area contributed by atoms with Crippen LogP contribution < -0.4 is 10.9 Å². The second-order valence-electron chi connectivity index (χ2n) is 9.64. The van der Waals surface area contributed by atoms with Gasteiger partial charge in [0.2, 0.25) is 0 Å². The first-order chi connectivity index (χ1) is 17.7. The molecule has 2 aliphatic rings. The summed E-state index contributed by atoms with van der Waals surface area (Å²) in [5, 5.41) is 7.64. The lowest BCUT2D eigenvalue weighted by molar-refractivity contribution is -0.141. The van der Waals surface area contributed by atoms with Crippen LogP contribution in [-0.2, 0) is 22.9 Å². The fraction of sp³-hybridized carbons (Fsp3) is 0.480. The number of likely N-dealkylation sites (tertiary alicyclic amines) is 1. The minimum Gasteiger partial charge on any atom is -0.379 e. The Hall–Kier alpha value is -3.09. The number of fused-ring (bicyclic) bond motifs is 1. The van der Waals surface area contributed by atoms with Crippen molar-refractivity contribution >= 4 is 16.7 Å². The predicted octanol–water partition coefficient (Wildman–Crippen LogP) is 3.60. The Morgan fingerprint density at radius 1 is 1.30 bits per heavy atom. The lowest BCUT2D eigenvalue weighted by Crippen LogP contribution is -2.51. The number of nitrogens with zero attached hydrogens (tertiary/aromatic N) is 4. The zero-order valence-corrected chi connectivity index (χ0v) is 20.6. The van der Waals surface area contributed by atoms with Crippen LogP contribution in [0.15, 0.2) is 35.3 Å². The number of rotatable bonds is 7. The Kier molecular flexibility index (Phi) is 6.90. The molecule has 2 saturated heterocycles. The number of H-pyrrole nitrogens is 1. The lowest BCUT2D eigenvalue weighted by Gasteiger charge is -2.42. The summed E-state index contributed by atoms with van der Waals surface area (Å²) in [6, 6.07) is 8.67. The first-order valence-electron chi connectivity index (χ1n) is 12.1. The van der Waals surface area contributed by atoms with Crippen molar-refractivity contribution in [1.29, 1.82) is 0 Å². The molecule has 0 bridgehead atoms. The van der Waals surface area contributed by atoms with Crippen LogP contribution in [0, 0.1) is 0 Å². The van der Waals surface area contributed by atoms with E-state index in [1.165, 1.54) is 0 Å². The molecule has 2 aliphatic heterocycles. The van der Waals surface area contributed by atoms with Crippen molar-refractivity contribution < 1.29 is 22.3 Å². The molecular weight excluding hydrogens is 490 g/mol. The van der Waals surface area contributed by atoms with Gasteiger partial charge in [-0.2, -0.15) is 18.3 Å².